The van der Waals surface area contributed by atoms with E-state index in [0.717, 1.165) is 25.8 Å². The molecule has 0 aliphatic carbocycles. The van der Waals surface area contributed by atoms with Crippen molar-refractivity contribution in [1.82, 2.24) is 0 Å². The molecule has 0 amide bonds. The molecular formula is C25H28NO7S2+. The van der Waals surface area contributed by atoms with Crippen molar-refractivity contribution in [2.45, 2.75) is 53.2 Å². The molecule has 4 rings (SSSR count). The monoisotopic (exact) mass is 518 g/mol. The standard InChI is InChI=1S/C25H27NO7S2/c1-3-26(33-25(31)24(29)30)12-6-8-17(23(27)28)22(26)32-19-13-15-7-4-5-9-20(15)35-21-11-10-16(34-2)14-18(19)21/h4-5,7,9-11,14,17,19,22H,3,6,8,12-13H2,1-2H3,(H-,27,28,29,30)/p+1. The van der Waals surface area contributed by atoms with Crippen LogP contribution in [0, 0.1) is 5.92 Å². The molecule has 1 saturated heterocycles. The van der Waals surface area contributed by atoms with Crippen molar-refractivity contribution in [1.29, 1.82) is 0 Å². The molecule has 0 saturated carbocycles. The maximum atomic E-state index is 12.3. The number of thioether (sulfide) groups is 1. The fourth-order valence-electron chi connectivity index (χ4n) is 4.82. The van der Waals surface area contributed by atoms with Crippen LogP contribution < -0.4 is 0 Å². The topological polar surface area (TPSA) is 110 Å². The second-order valence-electron chi connectivity index (χ2n) is 8.60. The van der Waals surface area contributed by atoms with Crippen LogP contribution >= 0.6 is 23.5 Å². The van der Waals surface area contributed by atoms with Crippen molar-refractivity contribution in [3.05, 3.63) is 53.6 Å². The van der Waals surface area contributed by atoms with Crippen molar-refractivity contribution in [3.63, 3.8) is 0 Å². The number of rotatable bonds is 6. The van der Waals surface area contributed by atoms with Gasteiger partial charge in [0.05, 0.1) is 6.10 Å². The number of hydroxylamine groups is 3. The Bertz CT molecular complexity index is 1140. The first-order valence-electron chi connectivity index (χ1n) is 11.4. The lowest BCUT2D eigenvalue weighted by Crippen LogP contribution is -2.64. The van der Waals surface area contributed by atoms with Gasteiger partial charge in [0.2, 0.25) is 6.23 Å². The molecule has 4 atom stereocenters. The van der Waals surface area contributed by atoms with Gasteiger partial charge in [-0.25, -0.2) is 9.59 Å². The van der Waals surface area contributed by atoms with Crippen LogP contribution in [-0.2, 0) is 30.4 Å². The van der Waals surface area contributed by atoms with Crippen LogP contribution in [0.2, 0.25) is 0 Å². The van der Waals surface area contributed by atoms with Crippen LogP contribution in [0.25, 0.3) is 0 Å². The highest BCUT2D eigenvalue weighted by Gasteiger charge is 2.54. The number of ether oxygens (including phenoxy) is 1. The highest BCUT2D eigenvalue weighted by atomic mass is 32.2. The molecule has 2 N–H and O–H groups in total. The van der Waals surface area contributed by atoms with Gasteiger partial charge in [0, 0.05) is 27.5 Å². The number of aliphatic carboxylic acids is 2. The number of benzene rings is 2. The number of hydrogen-bond donors (Lipinski definition) is 2. The third-order valence-electron chi connectivity index (χ3n) is 6.62. The zero-order chi connectivity index (χ0) is 25.2. The number of carboxylic acid groups (broad SMARTS) is 2. The summed E-state index contributed by atoms with van der Waals surface area (Å²) in [7, 11) is 0. The van der Waals surface area contributed by atoms with E-state index in [1.165, 1.54) is 0 Å². The number of carbonyl (C=O) groups excluding carboxylic acids is 1. The number of nitrogens with zero attached hydrogens (tertiary/aromatic N) is 1. The van der Waals surface area contributed by atoms with Crippen LogP contribution in [0.3, 0.4) is 0 Å². The second kappa shape index (κ2) is 10.6. The quantitative estimate of drug-likeness (QED) is 0.327. The van der Waals surface area contributed by atoms with Gasteiger partial charge in [0.15, 0.2) is 0 Å². The maximum absolute atomic E-state index is 12.3. The van der Waals surface area contributed by atoms with Crippen LogP contribution in [0.5, 0.6) is 0 Å². The number of carbonyl (C=O) groups is 3. The summed E-state index contributed by atoms with van der Waals surface area (Å²) in [6, 6.07) is 14.2. The highest BCUT2D eigenvalue weighted by molar-refractivity contribution is 7.99. The molecule has 2 aromatic rings. The van der Waals surface area contributed by atoms with Crippen molar-refractivity contribution in [2.75, 3.05) is 19.3 Å². The molecule has 2 aromatic carbocycles. The first kappa shape index (κ1) is 25.6. The Labute approximate surface area is 212 Å². The lowest BCUT2D eigenvalue weighted by molar-refractivity contribution is -1.13. The Balaban J connectivity index is 1.79. The van der Waals surface area contributed by atoms with E-state index in [2.05, 4.69) is 12.1 Å². The highest BCUT2D eigenvalue weighted by Crippen LogP contribution is 2.45. The second-order valence-corrected chi connectivity index (χ2v) is 10.6. The van der Waals surface area contributed by atoms with Gasteiger partial charge >= 0.3 is 17.9 Å². The Hall–Kier alpha value is -2.53. The normalized spacial score (nSPS) is 25.6. The molecule has 4 unspecified atom stereocenters. The number of carboxylic acids is 2. The van der Waals surface area contributed by atoms with Crippen LogP contribution in [-0.4, -0.2) is 58.3 Å². The molecule has 8 nitrogen and oxygen atoms in total. The van der Waals surface area contributed by atoms with Crippen molar-refractivity contribution in [3.8, 4) is 0 Å². The van der Waals surface area contributed by atoms with Crippen LogP contribution in [0.1, 0.15) is 37.0 Å². The molecule has 0 aromatic heterocycles. The van der Waals surface area contributed by atoms with Crippen LogP contribution in [0.15, 0.2) is 57.2 Å². The summed E-state index contributed by atoms with van der Waals surface area (Å²) in [5, 5.41) is 19.2. The first-order chi connectivity index (χ1) is 16.8. The van der Waals surface area contributed by atoms with E-state index in [4.69, 9.17) is 9.57 Å². The molecule has 0 spiro atoms. The fraction of sp³-hybridized carbons (Fsp3) is 0.400. The van der Waals surface area contributed by atoms with Gasteiger partial charge in [0.1, 0.15) is 19.0 Å². The van der Waals surface area contributed by atoms with Gasteiger partial charge in [-0.15, -0.1) is 16.4 Å². The van der Waals surface area contributed by atoms with Crippen LogP contribution in [0.4, 0.5) is 0 Å². The summed E-state index contributed by atoms with van der Waals surface area (Å²) in [5.74, 6) is -5.15. The average Bonchev–Trinajstić information content (AvgIpc) is 3.00. The van der Waals surface area contributed by atoms with Gasteiger partial charge < -0.3 is 14.9 Å². The van der Waals surface area contributed by atoms with Gasteiger partial charge in [-0.05, 0) is 55.0 Å². The van der Waals surface area contributed by atoms with Crippen molar-refractivity contribution in [2.24, 2.45) is 5.92 Å². The van der Waals surface area contributed by atoms with E-state index in [9.17, 15) is 24.6 Å². The van der Waals surface area contributed by atoms with E-state index in [1.807, 2.05) is 36.6 Å². The number of fused-ring (bicyclic) bond motifs is 2. The summed E-state index contributed by atoms with van der Waals surface area (Å²) in [5.41, 5.74) is 2.01. The van der Waals surface area contributed by atoms with Crippen molar-refractivity contribution < 1.29 is 38.8 Å². The average molecular weight is 519 g/mol. The van der Waals surface area contributed by atoms with E-state index >= 15 is 0 Å². The Kier molecular flexibility index (Phi) is 7.75. The SMILES string of the molecule is CC[N+]1(OC(=O)C(=O)O)CCCC(C(=O)O)C1OC1Cc2ccccc2Sc2ccc(SC)cc21. The summed E-state index contributed by atoms with van der Waals surface area (Å²) in [4.78, 5) is 44.4. The van der Waals surface area contributed by atoms with E-state index in [0.29, 0.717) is 19.3 Å². The van der Waals surface area contributed by atoms with E-state index in [1.54, 1.807) is 30.4 Å². The number of quaternary nitrogens is 1. The van der Waals surface area contributed by atoms with Gasteiger partial charge in [0.25, 0.3) is 0 Å². The number of piperidine rings is 1. The molecular weight excluding hydrogens is 490 g/mol. The molecule has 186 valence electrons. The lowest BCUT2D eigenvalue weighted by Gasteiger charge is -2.45. The number of hydrogen-bond acceptors (Lipinski definition) is 7. The molecule has 10 heteroatoms. The maximum Gasteiger partial charge on any atom is 0.473 e. The first-order valence-corrected chi connectivity index (χ1v) is 13.5. The zero-order valence-corrected chi connectivity index (χ0v) is 21.1. The van der Waals surface area contributed by atoms with E-state index < -0.39 is 40.8 Å². The van der Waals surface area contributed by atoms with E-state index in [-0.39, 0.29) is 13.1 Å². The Morgan fingerprint density at radius 2 is 1.91 bits per heavy atom. The summed E-state index contributed by atoms with van der Waals surface area (Å²) in [6.45, 7) is 2.21. The Morgan fingerprint density at radius 3 is 2.60 bits per heavy atom. The molecule has 2 heterocycles. The molecule has 35 heavy (non-hydrogen) atoms. The minimum absolute atomic E-state index is 0.184. The predicted octanol–water partition coefficient (Wildman–Crippen LogP) is 4.37. The molecule has 0 radical (unpaired) electrons. The summed E-state index contributed by atoms with van der Waals surface area (Å²) in [6.07, 6.45) is 1.75. The minimum atomic E-state index is -1.72. The predicted molar refractivity (Wildman–Crippen MR) is 130 cm³/mol. The molecule has 2 aliphatic heterocycles. The van der Waals surface area contributed by atoms with Crippen molar-refractivity contribution >= 4 is 41.4 Å². The van der Waals surface area contributed by atoms with Gasteiger partial charge in [-0.3, -0.25) is 9.63 Å². The van der Waals surface area contributed by atoms with Gasteiger partial charge in [-0.2, -0.15) is 0 Å². The summed E-state index contributed by atoms with van der Waals surface area (Å²) >= 11 is 3.25. The number of likely N-dealkylation sites (tertiary alicyclic amines) is 1. The molecule has 1 fully saturated rings. The third kappa shape index (κ3) is 5.20. The largest absolute Gasteiger partial charge is 0.481 e. The smallest absolute Gasteiger partial charge is 0.473 e. The Morgan fingerprint density at radius 1 is 1.14 bits per heavy atom. The van der Waals surface area contributed by atoms with Gasteiger partial charge in [-0.1, -0.05) is 30.0 Å². The third-order valence-corrected chi connectivity index (χ3v) is 8.55. The molecule has 2 aliphatic rings. The minimum Gasteiger partial charge on any atom is -0.481 e. The summed E-state index contributed by atoms with van der Waals surface area (Å²) < 4.78 is 6.16. The zero-order valence-electron chi connectivity index (χ0n) is 19.5. The lowest BCUT2D eigenvalue weighted by atomic mass is 9.94. The fourth-order valence-corrected chi connectivity index (χ4v) is 6.38. The molecule has 0 bridgehead atoms.